The van der Waals surface area contributed by atoms with Gasteiger partial charge in [0.05, 0.1) is 0 Å². The molecular weight excluding hydrogens is 480 g/mol. The second-order valence-corrected chi connectivity index (χ2v) is 9.49. The highest BCUT2D eigenvalue weighted by atomic mass is 16.6. The van der Waals surface area contributed by atoms with Crippen LogP contribution in [0, 0.1) is 0 Å². The van der Waals surface area contributed by atoms with Crippen LogP contribution in [-0.2, 0) is 25.5 Å². The number of hydrogen-bond acceptors (Lipinski definition) is 6. The summed E-state index contributed by atoms with van der Waals surface area (Å²) in [5.74, 6) is 1.14. The van der Waals surface area contributed by atoms with Gasteiger partial charge in [-0.3, -0.25) is 9.59 Å². The Balaban J connectivity index is 1.77. The van der Waals surface area contributed by atoms with E-state index in [-0.39, 0.29) is 38.4 Å². The van der Waals surface area contributed by atoms with Crippen molar-refractivity contribution in [1.82, 2.24) is 0 Å². The Hall–Kier alpha value is -3.28. The van der Waals surface area contributed by atoms with Gasteiger partial charge in [-0.15, -0.1) is 0 Å². The van der Waals surface area contributed by atoms with Crippen molar-refractivity contribution in [2.45, 2.75) is 78.6 Å². The van der Waals surface area contributed by atoms with Crippen molar-refractivity contribution in [1.29, 1.82) is 0 Å². The fraction of sp³-hybridized carbons (Fsp3) is 0.500. The van der Waals surface area contributed by atoms with Crippen LogP contribution in [0.2, 0.25) is 0 Å². The number of ether oxygens (including phenoxy) is 4. The van der Waals surface area contributed by atoms with E-state index in [1.807, 2.05) is 24.3 Å². The smallest absolute Gasteiger partial charge is 0.305 e. The number of carbonyl (C=O) groups is 2. The van der Waals surface area contributed by atoms with Crippen LogP contribution in [-0.4, -0.2) is 38.4 Å². The molecule has 6 nitrogen and oxygen atoms in total. The minimum absolute atomic E-state index is 0.181. The molecule has 0 bridgehead atoms. The van der Waals surface area contributed by atoms with Gasteiger partial charge >= 0.3 is 11.9 Å². The summed E-state index contributed by atoms with van der Waals surface area (Å²) in [7, 11) is 0. The topological polar surface area (TPSA) is 71.1 Å². The first-order valence-electron chi connectivity index (χ1n) is 14.1. The number of hydrogen-bond donors (Lipinski definition) is 0. The van der Waals surface area contributed by atoms with E-state index in [0.29, 0.717) is 12.8 Å². The summed E-state index contributed by atoms with van der Waals surface area (Å²) < 4.78 is 23.3. The molecule has 3 aromatic rings. The number of benzene rings is 3. The van der Waals surface area contributed by atoms with Crippen LogP contribution < -0.4 is 9.47 Å². The Morgan fingerprint density at radius 2 is 1.11 bits per heavy atom. The van der Waals surface area contributed by atoms with E-state index in [2.05, 4.69) is 39.0 Å². The normalized spacial score (nSPS) is 11.0. The van der Waals surface area contributed by atoms with E-state index in [0.717, 1.165) is 78.0 Å². The molecule has 3 aromatic carbocycles. The average Bonchev–Trinajstić information content (AvgIpc) is 2.93. The molecule has 0 N–H and O–H groups in total. The lowest BCUT2D eigenvalue weighted by Crippen LogP contribution is -2.13. The molecular formula is C32H42O6. The third-order valence-electron chi connectivity index (χ3n) is 6.55. The maximum Gasteiger partial charge on any atom is 0.305 e. The van der Waals surface area contributed by atoms with Crippen molar-refractivity contribution in [2.75, 3.05) is 26.4 Å². The highest BCUT2D eigenvalue weighted by Crippen LogP contribution is 2.43. The maximum absolute atomic E-state index is 12.0. The zero-order valence-electron chi connectivity index (χ0n) is 23.2. The summed E-state index contributed by atoms with van der Waals surface area (Å²) in [6.45, 7) is 7.28. The Kier molecular flexibility index (Phi) is 12.2. The van der Waals surface area contributed by atoms with E-state index in [1.54, 1.807) is 0 Å². The summed E-state index contributed by atoms with van der Waals surface area (Å²) in [6, 6.07) is 14.3. The molecule has 0 aliphatic carbocycles. The number of carbonyl (C=O) groups excluding carboxylic acids is 2. The average molecular weight is 523 g/mol. The zero-order valence-corrected chi connectivity index (χ0v) is 23.2. The first-order chi connectivity index (χ1) is 18.6. The standard InChI is InChI=1S/C32H42O6/c1-4-7-9-15-29(33)35-19-21-37-31-25-13-11-12-14-26(25)32(28-23-24(6-3)17-18-27(28)31)38-22-20-36-30(34)16-10-8-5-2/h11-14,17-18,23H,4-10,15-16,19-22H2,1-3H3. The Bertz CT molecular complexity index is 1190. The molecule has 6 heteroatoms. The van der Waals surface area contributed by atoms with E-state index in [4.69, 9.17) is 18.9 Å². The number of aryl methyl sites for hydroxylation is 1. The summed E-state index contributed by atoms with van der Waals surface area (Å²) in [5, 5.41) is 3.73. The summed E-state index contributed by atoms with van der Waals surface area (Å²) in [6.07, 6.45) is 7.68. The van der Waals surface area contributed by atoms with Gasteiger partial charge in [-0.05, 0) is 30.9 Å². The second kappa shape index (κ2) is 15.9. The molecule has 3 rings (SSSR count). The third-order valence-corrected chi connectivity index (χ3v) is 6.55. The van der Waals surface area contributed by atoms with Crippen molar-refractivity contribution in [3.05, 3.63) is 48.0 Å². The van der Waals surface area contributed by atoms with Gasteiger partial charge in [-0.2, -0.15) is 0 Å². The minimum atomic E-state index is -0.181. The third kappa shape index (κ3) is 8.37. The molecule has 0 fully saturated rings. The molecule has 0 aromatic heterocycles. The SMILES string of the molecule is CCCCCC(=O)OCCOc1c2ccccc2c(OCCOC(=O)CCCCC)c2cc(CC)ccc12. The lowest BCUT2D eigenvalue weighted by molar-refractivity contribution is -0.145. The van der Waals surface area contributed by atoms with Crippen molar-refractivity contribution in [3.63, 3.8) is 0 Å². The molecule has 206 valence electrons. The van der Waals surface area contributed by atoms with Crippen molar-refractivity contribution >= 4 is 33.5 Å². The second-order valence-electron chi connectivity index (χ2n) is 9.49. The monoisotopic (exact) mass is 522 g/mol. The predicted octanol–water partition coefficient (Wildman–Crippen LogP) is 7.56. The quantitative estimate of drug-likeness (QED) is 0.103. The fourth-order valence-corrected chi connectivity index (χ4v) is 4.46. The van der Waals surface area contributed by atoms with Gasteiger partial charge in [0.1, 0.15) is 37.9 Å². The van der Waals surface area contributed by atoms with Crippen LogP contribution in [0.4, 0.5) is 0 Å². The lowest BCUT2D eigenvalue weighted by Gasteiger charge is -2.18. The van der Waals surface area contributed by atoms with Crippen molar-refractivity contribution < 1.29 is 28.5 Å². The van der Waals surface area contributed by atoms with E-state index in [9.17, 15) is 9.59 Å². The van der Waals surface area contributed by atoms with Crippen LogP contribution in [0.5, 0.6) is 11.5 Å². The Morgan fingerprint density at radius 3 is 1.61 bits per heavy atom. The van der Waals surface area contributed by atoms with Crippen molar-refractivity contribution in [3.8, 4) is 11.5 Å². The van der Waals surface area contributed by atoms with Gasteiger partial charge in [0.2, 0.25) is 0 Å². The molecule has 0 spiro atoms. The minimum Gasteiger partial charge on any atom is -0.489 e. The lowest BCUT2D eigenvalue weighted by atomic mass is 9.98. The predicted molar refractivity (Wildman–Crippen MR) is 152 cm³/mol. The Labute approximate surface area is 226 Å². The summed E-state index contributed by atoms with van der Waals surface area (Å²) >= 11 is 0. The van der Waals surface area contributed by atoms with Crippen LogP contribution in [0.25, 0.3) is 21.5 Å². The molecule has 0 unspecified atom stereocenters. The largest absolute Gasteiger partial charge is 0.489 e. The first-order valence-corrected chi connectivity index (χ1v) is 14.1. The van der Waals surface area contributed by atoms with Gasteiger partial charge in [0.25, 0.3) is 0 Å². The van der Waals surface area contributed by atoms with Crippen LogP contribution >= 0.6 is 0 Å². The maximum atomic E-state index is 12.0. The van der Waals surface area contributed by atoms with Gasteiger partial charge in [0.15, 0.2) is 0 Å². The fourth-order valence-electron chi connectivity index (χ4n) is 4.46. The van der Waals surface area contributed by atoms with Crippen LogP contribution in [0.15, 0.2) is 42.5 Å². The first kappa shape index (κ1) is 29.3. The van der Waals surface area contributed by atoms with Gasteiger partial charge < -0.3 is 18.9 Å². The summed E-state index contributed by atoms with van der Waals surface area (Å²) in [5.41, 5.74) is 1.19. The van der Waals surface area contributed by atoms with Gasteiger partial charge in [0, 0.05) is 34.4 Å². The van der Waals surface area contributed by atoms with Crippen LogP contribution in [0.1, 0.15) is 77.7 Å². The summed E-state index contributed by atoms with van der Waals surface area (Å²) in [4.78, 5) is 24.0. The molecule has 0 amide bonds. The molecule has 0 saturated heterocycles. The Morgan fingerprint density at radius 1 is 0.605 bits per heavy atom. The zero-order chi connectivity index (χ0) is 27.2. The highest BCUT2D eigenvalue weighted by molar-refractivity contribution is 6.11. The number of unbranched alkanes of at least 4 members (excludes halogenated alkanes) is 4. The van der Waals surface area contributed by atoms with Crippen molar-refractivity contribution in [2.24, 2.45) is 0 Å². The molecule has 0 saturated carbocycles. The highest BCUT2D eigenvalue weighted by Gasteiger charge is 2.17. The molecule has 0 aliphatic rings. The van der Waals surface area contributed by atoms with E-state index in [1.165, 1.54) is 5.56 Å². The van der Waals surface area contributed by atoms with Gasteiger partial charge in [-0.25, -0.2) is 0 Å². The van der Waals surface area contributed by atoms with Gasteiger partial charge in [-0.1, -0.05) is 82.9 Å². The van der Waals surface area contributed by atoms with E-state index < -0.39 is 0 Å². The molecule has 0 aliphatic heterocycles. The molecule has 0 heterocycles. The number of esters is 2. The molecule has 38 heavy (non-hydrogen) atoms. The van der Waals surface area contributed by atoms with Crippen LogP contribution in [0.3, 0.4) is 0 Å². The molecule has 0 atom stereocenters. The molecule has 0 radical (unpaired) electrons. The number of fused-ring (bicyclic) bond motifs is 2. The number of rotatable bonds is 17. The van der Waals surface area contributed by atoms with E-state index >= 15 is 0 Å².